The number of rotatable bonds is 5. The van der Waals surface area contributed by atoms with Crippen LogP contribution < -0.4 is 16.0 Å². The Morgan fingerprint density at radius 2 is 2.07 bits per heavy atom. The molecule has 0 bridgehead atoms. The van der Waals surface area contributed by atoms with E-state index in [-0.39, 0.29) is 12.1 Å². The standard InChI is InChI=1S/C21H33N5O2/c1-4-22-19(26-11-9-21(14-26)10-12-28-15-21)23-13-17-5-7-18(8-6-17)25-20(27)24-16(2)3/h5-8,16H,4,9-15H2,1-3H3,(H,22,23)(H2,24,25,27). The van der Waals surface area contributed by atoms with Gasteiger partial charge in [-0.15, -0.1) is 0 Å². The zero-order chi connectivity index (χ0) is 20.0. The molecule has 2 aliphatic rings. The summed E-state index contributed by atoms with van der Waals surface area (Å²) in [4.78, 5) is 19.0. The number of urea groups is 1. The lowest BCUT2D eigenvalue weighted by Gasteiger charge is -2.25. The fourth-order valence-corrected chi connectivity index (χ4v) is 3.80. The maximum absolute atomic E-state index is 11.8. The van der Waals surface area contributed by atoms with E-state index in [0.29, 0.717) is 12.0 Å². The van der Waals surface area contributed by atoms with E-state index in [2.05, 4.69) is 27.8 Å². The molecule has 7 nitrogen and oxygen atoms in total. The minimum atomic E-state index is -0.186. The number of aliphatic imine (C=N–C) groups is 1. The van der Waals surface area contributed by atoms with E-state index in [4.69, 9.17) is 9.73 Å². The Hall–Kier alpha value is -2.28. The number of amides is 2. The van der Waals surface area contributed by atoms with E-state index >= 15 is 0 Å². The lowest BCUT2D eigenvalue weighted by Crippen LogP contribution is -2.41. The lowest BCUT2D eigenvalue weighted by atomic mass is 9.87. The molecular formula is C21H33N5O2. The van der Waals surface area contributed by atoms with Gasteiger partial charge in [0, 0.05) is 43.4 Å². The van der Waals surface area contributed by atoms with Gasteiger partial charge in [0.15, 0.2) is 5.96 Å². The third-order valence-electron chi connectivity index (χ3n) is 5.30. The van der Waals surface area contributed by atoms with Gasteiger partial charge in [0.25, 0.3) is 0 Å². The molecule has 1 unspecified atom stereocenters. The first-order valence-corrected chi connectivity index (χ1v) is 10.3. The predicted molar refractivity (Wildman–Crippen MR) is 113 cm³/mol. The van der Waals surface area contributed by atoms with Crippen molar-refractivity contribution in [2.45, 2.75) is 46.2 Å². The van der Waals surface area contributed by atoms with Crippen LogP contribution in [0.1, 0.15) is 39.2 Å². The van der Waals surface area contributed by atoms with Crippen molar-refractivity contribution in [3.63, 3.8) is 0 Å². The van der Waals surface area contributed by atoms with Crippen molar-refractivity contribution in [1.29, 1.82) is 0 Å². The fraction of sp³-hybridized carbons (Fsp3) is 0.619. The van der Waals surface area contributed by atoms with Gasteiger partial charge in [-0.25, -0.2) is 9.79 Å². The first kappa shape index (κ1) is 20.5. The number of hydrogen-bond acceptors (Lipinski definition) is 3. The molecule has 3 rings (SSSR count). The molecule has 0 saturated carbocycles. The second kappa shape index (κ2) is 9.28. The van der Waals surface area contributed by atoms with Gasteiger partial charge in [-0.2, -0.15) is 0 Å². The topological polar surface area (TPSA) is 78.0 Å². The van der Waals surface area contributed by atoms with Crippen molar-refractivity contribution in [2.24, 2.45) is 10.4 Å². The first-order chi connectivity index (χ1) is 13.5. The molecule has 0 aromatic heterocycles. The number of likely N-dealkylation sites (tertiary alicyclic amines) is 1. The Bertz CT molecular complexity index is 681. The minimum absolute atomic E-state index is 0.110. The molecule has 2 saturated heterocycles. The number of nitrogens with zero attached hydrogens (tertiary/aromatic N) is 2. The summed E-state index contributed by atoms with van der Waals surface area (Å²) in [5, 5.41) is 9.08. The van der Waals surface area contributed by atoms with Gasteiger partial charge in [0.1, 0.15) is 0 Å². The molecule has 0 radical (unpaired) electrons. The van der Waals surface area contributed by atoms with Crippen molar-refractivity contribution in [3.05, 3.63) is 29.8 Å². The SMILES string of the molecule is CCNC(=NCc1ccc(NC(=O)NC(C)C)cc1)N1CCC2(CCOC2)C1. The molecule has 2 fully saturated rings. The molecule has 3 N–H and O–H groups in total. The summed E-state index contributed by atoms with van der Waals surface area (Å²) in [6.45, 7) is 11.2. The second-order valence-electron chi connectivity index (χ2n) is 8.09. The molecule has 1 aromatic carbocycles. The molecular weight excluding hydrogens is 354 g/mol. The molecule has 1 aromatic rings. The quantitative estimate of drug-likeness (QED) is 0.536. The summed E-state index contributed by atoms with van der Waals surface area (Å²) < 4.78 is 5.64. The van der Waals surface area contributed by atoms with E-state index < -0.39 is 0 Å². The highest BCUT2D eigenvalue weighted by Crippen LogP contribution is 2.38. The van der Waals surface area contributed by atoms with Crippen LogP contribution in [0.15, 0.2) is 29.3 Å². The fourth-order valence-electron chi connectivity index (χ4n) is 3.80. The Kier molecular flexibility index (Phi) is 6.78. The highest BCUT2D eigenvalue weighted by Gasteiger charge is 2.42. The van der Waals surface area contributed by atoms with Crippen LogP contribution in [0.25, 0.3) is 0 Å². The number of carbonyl (C=O) groups is 1. The molecule has 28 heavy (non-hydrogen) atoms. The van der Waals surface area contributed by atoms with Crippen molar-refractivity contribution in [1.82, 2.24) is 15.5 Å². The van der Waals surface area contributed by atoms with Crippen LogP contribution in [0, 0.1) is 5.41 Å². The second-order valence-corrected chi connectivity index (χ2v) is 8.09. The average molecular weight is 388 g/mol. The smallest absolute Gasteiger partial charge is 0.319 e. The van der Waals surface area contributed by atoms with Crippen molar-refractivity contribution < 1.29 is 9.53 Å². The number of benzene rings is 1. The number of nitrogens with one attached hydrogen (secondary N) is 3. The number of hydrogen-bond donors (Lipinski definition) is 3. The predicted octanol–water partition coefficient (Wildman–Crippen LogP) is 2.79. The molecule has 2 aliphatic heterocycles. The molecule has 2 amide bonds. The zero-order valence-corrected chi connectivity index (χ0v) is 17.3. The zero-order valence-electron chi connectivity index (χ0n) is 17.3. The molecule has 1 spiro atoms. The van der Waals surface area contributed by atoms with Crippen LogP contribution in [0.2, 0.25) is 0 Å². The first-order valence-electron chi connectivity index (χ1n) is 10.3. The number of anilines is 1. The van der Waals surface area contributed by atoms with Gasteiger partial charge in [-0.3, -0.25) is 0 Å². The molecule has 1 atom stereocenters. The van der Waals surface area contributed by atoms with E-state index in [1.165, 1.54) is 6.42 Å². The van der Waals surface area contributed by atoms with Crippen LogP contribution in [-0.4, -0.2) is 55.8 Å². The third kappa shape index (κ3) is 5.38. The van der Waals surface area contributed by atoms with Gasteiger partial charge in [0.2, 0.25) is 0 Å². The Morgan fingerprint density at radius 1 is 1.29 bits per heavy atom. The van der Waals surface area contributed by atoms with Crippen molar-refractivity contribution in [3.8, 4) is 0 Å². The van der Waals surface area contributed by atoms with Crippen LogP contribution in [0.5, 0.6) is 0 Å². The van der Waals surface area contributed by atoms with Gasteiger partial charge in [0.05, 0.1) is 13.2 Å². The average Bonchev–Trinajstić information content (AvgIpc) is 3.29. The van der Waals surface area contributed by atoms with Gasteiger partial charge in [-0.05, 0) is 51.3 Å². The van der Waals surface area contributed by atoms with E-state index in [0.717, 1.165) is 56.5 Å². The molecule has 0 aliphatic carbocycles. The molecule has 7 heteroatoms. The normalized spacial score (nSPS) is 22.1. The summed E-state index contributed by atoms with van der Waals surface area (Å²) in [7, 11) is 0. The summed E-state index contributed by atoms with van der Waals surface area (Å²) in [5.74, 6) is 0.977. The Balaban J connectivity index is 1.58. The van der Waals surface area contributed by atoms with Crippen molar-refractivity contribution >= 4 is 17.7 Å². The summed E-state index contributed by atoms with van der Waals surface area (Å²) in [6, 6.07) is 7.77. The summed E-state index contributed by atoms with van der Waals surface area (Å²) in [6.07, 6.45) is 2.33. The molecule has 2 heterocycles. The van der Waals surface area contributed by atoms with Crippen LogP contribution in [0.3, 0.4) is 0 Å². The summed E-state index contributed by atoms with van der Waals surface area (Å²) >= 11 is 0. The van der Waals surface area contributed by atoms with Gasteiger partial charge >= 0.3 is 6.03 Å². The maximum Gasteiger partial charge on any atom is 0.319 e. The number of carbonyl (C=O) groups excluding carboxylic acids is 1. The van der Waals surface area contributed by atoms with Crippen LogP contribution in [-0.2, 0) is 11.3 Å². The highest BCUT2D eigenvalue weighted by atomic mass is 16.5. The summed E-state index contributed by atoms with van der Waals surface area (Å²) in [5.41, 5.74) is 2.21. The lowest BCUT2D eigenvalue weighted by molar-refractivity contribution is 0.156. The van der Waals surface area contributed by atoms with E-state index in [1.54, 1.807) is 0 Å². The third-order valence-corrected chi connectivity index (χ3v) is 5.30. The van der Waals surface area contributed by atoms with Crippen LogP contribution in [0.4, 0.5) is 10.5 Å². The van der Waals surface area contributed by atoms with E-state index in [9.17, 15) is 4.79 Å². The molecule has 154 valence electrons. The number of guanidine groups is 1. The maximum atomic E-state index is 11.8. The van der Waals surface area contributed by atoms with Crippen LogP contribution >= 0.6 is 0 Å². The Morgan fingerprint density at radius 3 is 2.71 bits per heavy atom. The van der Waals surface area contributed by atoms with E-state index in [1.807, 2.05) is 38.1 Å². The van der Waals surface area contributed by atoms with Crippen molar-refractivity contribution in [2.75, 3.05) is 38.2 Å². The Labute approximate surface area is 167 Å². The number of ether oxygens (including phenoxy) is 1. The minimum Gasteiger partial charge on any atom is -0.381 e. The van der Waals surface area contributed by atoms with Gasteiger partial charge in [-0.1, -0.05) is 12.1 Å². The monoisotopic (exact) mass is 387 g/mol. The van der Waals surface area contributed by atoms with Gasteiger partial charge < -0.3 is 25.6 Å². The largest absolute Gasteiger partial charge is 0.381 e. The highest BCUT2D eigenvalue weighted by molar-refractivity contribution is 5.89.